The number of hydrogen-bond donors (Lipinski definition) is 4. The van der Waals surface area contributed by atoms with Gasteiger partial charge in [-0.25, -0.2) is 0 Å². The summed E-state index contributed by atoms with van der Waals surface area (Å²) >= 11 is 0. The Hall–Kier alpha value is -3.84. The van der Waals surface area contributed by atoms with E-state index in [1.54, 1.807) is 42.5 Å². The van der Waals surface area contributed by atoms with Crippen molar-refractivity contribution in [3.8, 4) is 11.5 Å². The molecule has 1 unspecified atom stereocenters. The highest BCUT2D eigenvalue weighted by atomic mass is 16.5. The lowest BCUT2D eigenvalue weighted by Gasteiger charge is -2.29. The molecule has 1 fully saturated rings. The number of amides is 2. The van der Waals surface area contributed by atoms with Crippen LogP contribution in [0.15, 0.2) is 66.7 Å². The van der Waals surface area contributed by atoms with Crippen LogP contribution in [0.5, 0.6) is 11.5 Å². The number of nitrogens with one attached hydrogen (secondary N) is 2. The van der Waals surface area contributed by atoms with E-state index in [1.807, 2.05) is 24.3 Å². The molecule has 1 heterocycles. The van der Waals surface area contributed by atoms with Crippen LogP contribution in [-0.4, -0.2) is 34.7 Å². The van der Waals surface area contributed by atoms with E-state index in [0.29, 0.717) is 22.4 Å². The van der Waals surface area contributed by atoms with Gasteiger partial charge in [-0.1, -0.05) is 61.7 Å². The smallest absolute Gasteiger partial charge is 0.246 e. The molecule has 2 amide bonds. The van der Waals surface area contributed by atoms with Gasteiger partial charge in [0.15, 0.2) is 0 Å². The highest BCUT2D eigenvalue weighted by molar-refractivity contribution is 6.11. The number of anilines is 1. The molecule has 0 spiro atoms. The van der Waals surface area contributed by atoms with Gasteiger partial charge in [-0.15, -0.1) is 0 Å². The Balaban J connectivity index is 1.39. The van der Waals surface area contributed by atoms with Crippen LogP contribution in [0.4, 0.5) is 5.69 Å². The number of carbonyl (C=O) groups excluding carboxylic acids is 2. The van der Waals surface area contributed by atoms with E-state index in [9.17, 15) is 19.8 Å². The number of carbonyl (C=O) groups is 2. The second kappa shape index (κ2) is 10.0. The lowest BCUT2D eigenvalue weighted by Crippen LogP contribution is -2.37. The molecule has 0 radical (unpaired) electrons. The van der Waals surface area contributed by atoms with Gasteiger partial charge in [-0.2, -0.15) is 0 Å². The van der Waals surface area contributed by atoms with Crippen molar-refractivity contribution in [1.82, 2.24) is 5.32 Å². The van der Waals surface area contributed by atoms with Gasteiger partial charge in [0, 0.05) is 23.4 Å². The number of rotatable bonds is 7. The van der Waals surface area contributed by atoms with Gasteiger partial charge in [0.1, 0.15) is 23.5 Å². The first kappa shape index (κ1) is 23.9. The van der Waals surface area contributed by atoms with Crippen LogP contribution >= 0.6 is 0 Å². The maximum atomic E-state index is 13.5. The van der Waals surface area contributed by atoms with Crippen LogP contribution in [0, 0.1) is 0 Å². The van der Waals surface area contributed by atoms with Crippen LogP contribution in [0.25, 0.3) is 0 Å². The largest absolute Gasteiger partial charge is 0.508 e. The third-order valence-corrected chi connectivity index (χ3v) is 7.22. The Morgan fingerprint density at radius 1 is 0.972 bits per heavy atom. The second-order valence-electron chi connectivity index (χ2n) is 9.49. The number of ether oxygens (including phenoxy) is 1. The maximum absolute atomic E-state index is 13.5. The molecule has 3 aromatic carbocycles. The molecule has 1 atom stereocenters. The molecule has 0 saturated heterocycles. The molecule has 2 aliphatic rings. The summed E-state index contributed by atoms with van der Waals surface area (Å²) in [7, 11) is 0. The average Bonchev–Trinajstić information content (AvgIpc) is 3.20. The lowest BCUT2D eigenvalue weighted by molar-refractivity contribution is -0.128. The summed E-state index contributed by atoms with van der Waals surface area (Å²) in [6.45, 7) is 0.151. The first-order valence-electron chi connectivity index (χ1n) is 12.4. The quantitative estimate of drug-likeness (QED) is 0.397. The molecule has 5 rings (SSSR count). The van der Waals surface area contributed by atoms with Gasteiger partial charge in [0.25, 0.3) is 0 Å². The summed E-state index contributed by atoms with van der Waals surface area (Å²) in [6.07, 6.45) is 5.64. The molecule has 7 nitrogen and oxygen atoms in total. The van der Waals surface area contributed by atoms with E-state index < -0.39 is 5.41 Å². The van der Waals surface area contributed by atoms with E-state index in [0.717, 1.165) is 31.2 Å². The minimum Gasteiger partial charge on any atom is -0.508 e. The SMILES string of the molecule is O=C(COC1CCCCC1)NCc1ccc(C2(c3ccc(O)cc3)C(=O)Nc3ccccc32)cc1O. The summed E-state index contributed by atoms with van der Waals surface area (Å²) in [5, 5.41) is 26.5. The first-order chi connectivity index (χ1) is 17.5. The molecule has 0 aromatic heterocycles. The van der Waals surface area contributed by atoms with E-state index in [2.05, 4.69) is 10.6 Å². The molecule has 186 valence electrons. The van der Waals surface area contributed by atoms with Gasteiger partial charge < -0.3 is 25.6 Å². The van der Waals surface area contributed by atoms with Gasteiger partial charge in [-0.05, 0) is 48.2 Å². The Morgan fingerprint density at radius 3 is 2.44 bits per heavy atom. The van der Waals surface area contributed by atoms with Crippen LogP contribution in [-0.2, 0) is 26.3 Å². The predicted molar refractivity (Wildman–Crippen MR) is 136 cm³/mol. The standard InChI is InChI=1S/C29H30N2O5/c32-22-14-12-20(13-15-22)29(24-8-4-5-9-25(24)31-28(29)35)21-11-10-19(26(33)16-21)17-30-27(34)18-36-23-6-2-1-3-7-23/h4-5,8-16,23,32-33H,1-3,6-7,17-18H2,(H,30,34)(H,31,35). The summed E-state index contributed by atoms with van der Waals surface area (Å²) in [5.41, 5.74) is 2.06. The third kappa shape index (κ3) is 4.42. The van der Waals surface area contributed by atoms with Crippen molar-refractivity contribution in [1.29, 1.82) is 0 Å². The maximum Gasteiger partial charge on any atom is 0.246 e. The molecule has 7 heteroatoms. The molecular weight excluding hydrogens is 456 g/mol. The highest BCUT2D eigenvalue weighted by Gasteiger charge is 2.49. The topological polar surface area (TPSA) is 108 Å². The Kier molecular flexibility index (Phi) is 6.65. The predicted octanol–water partition coefficient (Wildman–Crippen LogP) is 4.35. The van der Waals surface area contributed by atoms with Gasteiger partial charge >= 0.3 is 0 Å². The summed E-state index contributed by atoms with van der Waals surface area (Å²) in [5.74, 6) is -0.387. The summed E-state index contributed by atoms with van der Waals surface area (Å²) in [4.78, 5) is 25.8. The van der Waals surface area contributed by atoms with Crippen LogP contribution in [0.1, 0.15) is 54.4 Å². The van der Waals surface area contributed by atoms with Gasteiger partial charge in [0.2, 0.25) is 11.8 Å². The van der Waals surface area contributed by atoms with Gasteiger partial charge in [-0.3, -0.25) is 9.59 Å². The van der Waals surface area contributed by atoms with E-state index in [4.69, 9.17) is 4.74 Å². The number of aromatic hydroxyl groups is 2. The van der Waals surface area contributed by atoms with Crippen molar-refractivity contribution in [2.24, 2.45) is 0 Å². The van der Waals surface area contributed by atoms with Crippen molar-refractivity contribution >= 4 is 17.5 Å². The van der Waals surface area contributed by atoms with Crippen LogP contribution in [0.2, 0.25) is 0 Å². The molecule has 4 N–H and O–H groups in total. The molecular formula is C29H30N2O5. The normalized spacial score (nSPS) is 19.5. The number of hydrogen-bond acceptors (Lipinski definition) is 5. The highest BCUT2D eigenvalue weighted by Crippen LogP contribution is 2.48. The van der Waals surface area contributed by atoms with Crippen molar-refractivity contribution in [3.63, 3.8) is 0 Å². The molecule has 1 aliphatic heterocycles. The zero-order chi connectivity index (χ0) is 25.1. The Bertz CT molecular complexity index is 1270. The van der Waals surface area contributed by atoms with Crippen molar-refractivity contribution in [3.05, 3.63) is 89.0 Å². The van der Waals surface area contributed by atoms with E-state index in [1.165, 1.54) is 6.42 Å². The average molecular weight is 487 g/mol. The molecule has 0 bridgehead atoms. The number of para-hydroxylation sites is 1. The fraction of sp³-hybridized carbons (Fsp3) is 0.310. The summed E-state index contributed by atoms with van der Waals surface area (Å²) < 4.78 is 5.73. The molecule has 1 aliphatic carbocycles. The zero-order valence-electron chi connectivity index (χ0n) is 20.0. The lowest BCUT2D eigenvalue weighted by atomic mass is 9.70. The van der Waals surface area contributed by atoms with Crippen molar-refractivity contribution in [2.45, 2.75) is 50.2 Å². The van der Waals surface area contributed by atoms with Gasteiger partial charge in [0.05, 0.1) is 6.10 Å². The van der Waals surface area contributed by atoms with Crippen molar-refractivity contribution in [2.75, 3.05) is 11.9 Å². The Morgan fingerprint density at radius 2 is 1.69 bits per heavy atom. The number of benzene rings is 3. The molecule has 36 heavy (non-hydrogen) atoms. The molecule has 3 aromatic rings. The van der Waals surface area contributed by atoms with Crippen molar-refractivity contribution < 1.29 is 24.5 Å². The third-order valence-electron chi connectivity index (χ3n) is 7.22. The number of phenols is 2. The zero-order valence-corrected chi connectivity index (χ0v) is 20.0. The summed E-state index contributed by atoms with van der Waals surface area (Å²) in [6, 6.07) is 19.1. The van der Waals surface area contributed by atoms with Crippen LogP contribution in [0.3, 0.4) is 0 Å². The number of phenolic OH excluding ortho intramolecular Hbond substituents is 2. The second-order valence-corrected chi connectivity index (χ2v) is 9.49. The number of fused-ring (bicyclic) bond motifs is 1. The monoisotopic (exact) mass is 486 g/mol. The minimum atomic E-state index is -1.20. The van der Waals surface area contributed by atoms with Crippen LogP contribution < -0.4 is 10.6 Å². The van der Waals surface area contributed by atoms with E-state index >= 15 is 0 Å². The van der Waals surface area contributed by atoms with E-state index in [-0.39, 0.29) is 42.6 Å². The first-order valence-corrected chi connectivity index (χ1v) is 12.4. The fourth-order valence-electron chi connectivity index (χ4n) is 5.33. The molecule has 1 saturated carbocycles. The minimum absolute atomic E-state index is 0.00440. The Labute approximate surface area is 210 Å². The fourth-order valence-corrected chi connectivity index (χ4v) is 5.33.